The number of hydrogen-bond acceptors (Lipinski definition) is 5. The van der Waals surface area contributed by atoms with Crippen LogP contribution in [0.1, 0.15) is 59.1 Å². The molecule has 0 radical (unpaired) electrons. The molecule has 28 heavy (non-hydrogen) atoms. The first-order chi connectivity index (χ1) is 13.1. The highest BCUT2D eigenvalue weighted by Crippen LogP contribution is 2.44. The second-order valence-corrected chi connectivity index (χ2v) is 9.44. The summed E-state index contributed by atoms with van der Waals surface area (Å²) >= 11 is 1.48. The van der Waals surface area contributed by atoms with Crippen molar-refractivity contribution in [2.24, 2.45) is 11.3 Å². The summed E-state index contributed by atoms with van der Waals surface area (Å²) in [6.07, 6.45) is 2.81. The van der Waals surface area contributed by atoms with Gasteiger partial charge in [-0.2, -0.15) is 5.26 Å². The van der Waals surface area contributed by atoms with Crippen LogP contribution in [-0.4, -0.2) is 10.8 Å². The average Bonchev–Trinajstić information content (AvgIpc) is 2.96. The number of benzene rings is 1. The number of hydrogen-bond donors (Lipinski definition) is 1. The van der Waals surface area contributed by atoms with E-state index in [2.05, 4.69) is 32.2 Å². The van der Waals surface area contributed by atoms with Crippen molar-refractivity contribution in [3.05, 3.63) is 55.4 Å². The highest BCUT2D eigenvalue weighted by atomic mass is 32.1. The molecule has 1 unspecified atom stereocenters. The lowest BCUT2D eigenvalue weighted by Crippen LogP contribution is -2.26. The van der Waals surface area contributed by atoms with E-state index in [0.717, 1.165) is 24.8 Å². The summed E-state index contributed by atoms with van der Waals surface area (Å²) in [5, 5.41) is 24.0. The molecular formula is C21H23N3O3S. The fourth-order valence-electron chi connectivity index (χ4n) is 3.71. The summed E-state index contributed by atoms with van der Waals surface area (Å²) in [6.45, 7) is 8.31. The number of nitriles is 1. The van der Waals surface area contributed by atoms with Gasteiger partial charge in [-0.15, -0.1) is 11.3 Å². The molecule has 0 saturated heterocycles. The SMILES string of the molecule is Cc1cc(C(=O)Nc2sc3c(c2C#N)CCC(C(C)(C)C)C3)ccc1[N+](=O)[O-]. The lowest BCUT2D eigenvalue weighted by molar-refractivity contribution is -0.385. The van der Waals surface area contributed by atoms with Crippen molar-refractivity contribution in [2.75, 3.05) is 5.32 Å². The third kappa shape index (κ3) is 3.78. The second kappa shape index (κ2) is 7.36. The van der Waals surface area contributed by atoms with Crippen LogP contribution < -0.4 is 5.32 Å². The van der Waals surface area contributed by atoms with Crippen LogP contribution >= 0.6 is 11.3 Å². The van der Waals surface area contributed by atoms with Crippen LogP contribution in [0.4, 0.5) is 10.7 Å². The molecule has 1 aliphatic rings. The molecule has 7 heteroatoms. The summed E-state index contributed by atoms with van der Waals surface area (Å²) in [4.78, 5) is 24.3. The Morgan fingerprint density at radius 2 is 2.11 bits per heavy atom. The Morgan fingerprint density at radius 3 is 2.68 bits per heavy atom. The molecule has 3 rings (SSSR count). The number of nitrogens with zero attached hydrogens (tertiary/aromatic N) is 2. The van der Waals surface area contributed by atoms with Crippen molar-refractivity contribution >= 4 is 27.9 Å². The number of nitro benzene ring substituents is 1. The minimum atomic E-state index is -0.468. The zero-order valence-electron chi connectivity index (χ0n) is 16.5. The number of thiophene rings is 1. The smallest absolute Gasteiger partial charge is 0.272 e. The summed E-state index contributed by atoms with van der Waals surface area (Å²) in [6, 6.07) is 6.53. The van der Waals surface area contributed by atoms with Gasteiger partial charge in [0.25, 0.3) is 11.6 Å². The van der Waals surface area contributed by atoms with E-state index in [1.165, 1.54) is 34.4 Å². The molecule has 1 aromatic heterocycles. The highest BCUT2D eigenvalue weighted by Gasteiger charge is 2.32. The van der Waals surface area contributed by atoms with Crippen molar-refractivity contribution < 1.29 is 9.72 Å². The van der Waals surface area contributed by atoms with E-state index < -0.39 is 4.92 Å². The topological polar surface area (TPSA) is 96.0 Å². The molecule has 0 bridgehead atoms. The standard InChI is InChI=1S/C21H23N3O3S/c1-12-9-13(5-8-17(12)24(26)27)19(25)23-20-16(11-22)15-7-6-14(21(2,3)4)10-18(15)28-20/h5,8-9,14H,6-7,10H2,1-4H3,(H,23,25). The molecular weight excluding hydrogens is 374 g/mol. The van der Waals surface area contributed by atoms with E-state index in [-0.39, 0.29) is 17.0 Å². The van der Waals surface area contributed by atoms with Gasteiger partial charge in [0.1, 0.15) is 11.1 Å². The van der Waals surface area contributed by atoms with Crippen LogP contribution in [0.25, 0.3) is 0 Å². The lowest BCUT2D eigenvalue weighted by atomic mass is 9.72. The monoisotopic (exact) mass is 397 g/mol. The van der Waals surface area contributed by atoms with Crippen molar-refractivity contribution in [1.29, 1.82) is 5.26 Å². The molecule has 6 nitrogen and oxygen atoms in total. The van der Waals surface area contributed by atoms with Gasteiger partial charge in [-0.1, -0.05) is 20.8 Å². The molecule has 1 amide bonds. The Morgan fingerprint density at radius 1 is 1.39 bits per heavy atom. The number of amides is 1. The van der Waals surface area contributed by atoms with Crippen molar-refractivity contribution in [3.63, 3.8) is 0 Å². The minimum absolute atomic E-state index is 0.0194. The van der Waals surface area contributed by atoms with E-state index in [4.69, 9.17) is 0 Å². The summed E-state index contributed by atoms with van der Waals surface area (Å²) in [5.41, 5.74) is 2.56. The van der Waals surface area contributed by atoms with Crippen LogP contribution in [0.3, 0.4) is 0 Å². The maximum atomic E-state index is 12.7. The fourth-order valence-corrected chi connectivity index (χ4v) is 4.98. The third-order valence-corrected chi connectivity index (χ3v) is 6.65. The minimum Gasteiger partial charge on any atom is -0.312 e. The Bertz CT molecular complexity index is 996. The second-order valence-electron chi connectivity index (χ2n) is 8.34. The molecule has 0 spiro atoms. The molecule has 1 N–H and O–H groups in total. The summed E-state index contributed by atoms with van der Waals surface area (Å²) in [5.74, 6) is 0.187. The number of anilines is 1. The third-order valence-electron chi connectivity index (χ3n) is 5.48. The van der Waals surface area contributed by atoms with Crippen LogP contribution in [0.2, 0.25) is 0 Å². The van der Waals surface area contributed by atoms with Gasteiger partial charge in [0.05, 0.1) is 10.5 Å². The Labute approximate surface area is 168 Å². The van der Waals surface area contributed by atoms with E-state index >= 15 is 0 Å². The maximum absolute atomic E-state index is 12.7. The van der Waals surface area contributed by atoms with Gasteiger partial charge in [0.15, 0.2) is 0 Å². The molecule has 1 aliphatic carbocycles. The molecule has 0 fully saturated rings. The first-order valence-electron chi connectivity index (χ1n) is 9.23. The first kappa shape index (κ1) is 20.0. The number of carbonyl (C=O) groups is 1. The summed E-state index contributed by atoms with van der Waals surface area (Å²) < 4.78 is 0. The lowest BCUT2D eigenvalue weighted by Gasteiger charge is -2.33. The predicted molar refractivity (Wildman–Crippen MR) is 110 cm³/mol. The van der Waals surface area contributed by atoms with E-state index in [0.29, 0.717) is 27.6 Å². The fraction of sp³-hybridized carbons (Fsp3) is 0.429. The molecule has 146 valence electrons. The van der Waals surface area contributed by atoms with Crippen LogP contribution in [0, 0.1) is 39.7 Å². The normalized spacial score (nSPS) is 16.2. The quantitative estimate of drug-likeness (QED) is 0.566. The molecule has 1 aromatic carbocycles. The number of aryl methyl sites for hydroxylation is 1. The molecule has 1 atom stereocenters. The van der Waals surface area contributed by atoms with Crippen LogP contribution in [0.15, 0.2) is 18.2 Å². The molecule has 0 saturated carbocycles. The number of nitro groups is 1. The number of rotatable bonds is 3. The number of nitrogens with one attached hydrogen (secondary N) is 1. The van der Waals surface area contributed by atoms with Gasteiger partial charge in [0.2, 0.25) is 0 Å². The predicted octanol–water partition coefficient (Wildman–Crippen LogP) is 5.24. The maximum Gasteiger partial charge on any atom is 0.272 e. The molecule has 0 aliphatic heterocycles. The van der Waals surface area contributed by atoms with Gasteiger partial charge in [-0.3, -0.25) is 14.9 Å². The zero-order chi connectivity index (χ0) is 20.6. The van der Waals surface area contributed by atoms with Gasteiger partial charge in [-0.05, 0) is 55.2 Å². The van der Waals surface area contributed by atoms with Crippen molar-refractivity contribution in [2.45, 2.75) is 47.0 Å². The zero-order valence-corrected chi connectivity index (χ0v) is 17.3. The van der Waals surface area contributed by atoms with Crippen LogP contribution in [-0.2, 0) is 12.8 Å². The summed E-state index contributed by atoms with van der Waals surface area (Å²) in [7, 11) is 0. The Hall–Kier alpha value is -2.72. The van der Waals surface area contributed by atoms with Gasteiger partial charge >= 0.3 is 0 Å². The van der Waals surface area contributed by atoms with E-state index in [1.54, 1.807) is 6.92 Å². The number of carbonyl (C=O) groups excluding carboxylic acids is 1. The van der Waals surface area contributed by atoms with E-state index in [1.807, 2.05) is 0 Å². The van der Waals surface area contributed by atoms with Gasteiger partial charge in [0, 0.05) is 22.1 Å². The van der Waals surface area contributed by atoms with Crippen molar-refractivity contribution in [3.8, 4) is 6.07 Å². The Balaban J connectivity index is 1.87. The largest absolute Gasteiger partial charge is 0.312 e. The average molecular weight is 398 g/mol. The van der Waals surface area contributed by atoms with Crippen LogP contribution in [0.5, 0.6) is 0 Å². The molecule has 2 aromatic rings. The molecule has 1 heterocycles. The van der Waals surface area contributed by atoms with Gasteiger partial charge < -0.3 is 5.32 Å². The van der Waals surface area contributed by atoms with Gasteiger partial charge in [-0.25, -0.2) is 0 Å². The highest BCUT2D eigenvalue weighted by molar-refractivity contribution is 7.16. The Kier molecular flexibility index (Phi) is 5.26. The number of fused-ring (bicyclic) bond motifs is 1. The van der Waals surface area contributed by atoms with Crippen molar-refractivity contribution in [1.82, 2.24) is 0 Å². The first-order valence-corrected chi connectivity index (χ1v) is 10.0. The van der Waals surface area contributed by atoms with E-state index in [9.17, 15) is 20.2 Å².